The van der Waals surface area contributed by atoms with Gasteiger partial charge in [0.25, 0.3) is 0 Å². The van der Waals surface area contributed by atoms with Crippen LogP contribution in [-0.2, 0) is 9.53 Å². The van der Waals surface area contributed by atoms with Crippen LogP contribution < -0.4 is 0 Å². The first-order valence-corrected chi connectivity index (χ1v) is 5.68. The second kappa shape index (κ2) is 5.63. The molecule has 0 amide bonds. The molecule has 1 saturated heterocycles. The van der Waals surface area contributed by atoms with Gasteiger partial charge in [-0.15, -0.1) is 0 Å². The molecule has 86 valence electrons. The van der Waals surface area contributed by atoms with Gasteiger partial charge in [-0.05, 0) is 19.4 Å². The van der Waals surface area contributed by atoms with E-state index in [1.54, 1.807) is 0 Å². The maximum atomic E-state index is 11.5. The Balaban J connectivity index is 2.72. The summed E-state index contributed by atoms with van der Waals surface area (Å²) in [4.78, 5) is 13.4. The first-order valence-electron chi connectivity index (χ1n) is 4.89. The summed E-state index contributed by atoms with van der Waals surface area (Å²) in [5.41, 5.74) is 0. The van der Waals surface area contributed by atoms with E-state index in [-0.39, 0.29) is 5.97 Å². The number of rotatable bonds is 3. The van der Waals surface area contributed by atoms with E-state index in [9.17, 15) is 9.90 Å². The Morgan fingerprint density at radius 1 is 1.73 bits per heavy atom. The van der Waals surface area contributed by atoms with E-state index in [1.165, 1.54) is 7.11 Å². The Bertz CT molecular complexity index is 257. The Morgan fingerprint density at radius 3 is 2.93 bits per heavy atom. The number of halogens is 1. The van der Waals surface area contributed by atoms with Crippen molar-refractivity contribution >= 4 is 21.9 Å². The lowest BCUT2D eigenvalue weighted by Crippen LogP contribution is -2.53. The lowest BCUT2D eigenvalue weighted by Gasteiger charge is -2.36. The molecule has 2 unspecified atom stereocenters. The van der Waals surface area contributed by atoms with Gasteiger partial charge in [0.15, 0.2) is 0 Å². The van der Waals surface area contributed by atoms with E-state index in [0.29, 0.717) is 13.0 Å². The Kier molecular flexibility index (Phi) is 4.76. The van der Waals surface area contributed by atoms with Gasteiger partial charge in [0.2, 0.25) is 0 Å². The van der Waals surface area contributed by atoms with Crippen LogP contribution in [0.5, 0.6) is 0 Å². The summed E-state index contributed by atoms with van der Waals surface area (Å²) >= 11 is 3.26. The summed E-state index contributed by atoms with van der Waals surface area (Å²) < 4.78 is 5.48. The standard InChI is InChI=1S/C10H16BrNO3/c1-7(11)6-12-5-3-4-8(13)9(12)10(14)15-2/h8-9,13H,1,3-6H2,2H3. The topological polar surface area (TPSA) is 49.8 Å². The highest BCUT2D eigenvalue weighted by Crippen LogP contribution is 2.20. The van der Waals surface area contributed by atoms with E-state index in [4.69, 9.17) is 0 Å². The molecule has 2 atom stereocenters. The van der Waals surface area contributed by atoms with Gasteiger partial charge in [-0.1, -0.05) is 22.5 Å². The van der Waals surface area contributed by atoms with Gasteiger partial charge in [0, 0.05) is 11.0 Å². The Hall–Kier alpha value is -0.390. The number of hydrogen-bond donors (Lipinski definition) is 1. The summed E-state index contributed by atoms with van der Waals surface area (Å²) in [5, 5.41) is 9.77. The van der Waals surface area contributed by atoms with Crippen molar-refractivity contribution in [1.29, 1.82) is 0 Å². The molecule has 1 aliphatic rings. The van der Waals surface area contributed by atoms with Crippen molar-refractivity contribution in [3.05, 3.63) is 11.1 Å². The molecule has 0 aromatic heterocycles. The molecule has 1 aliphatic heterocycles. The summed E-state index contributed by atoms with van der Waals surface area (Å²) in [6.07, 6.45) is 0.887. The molecular weight excluding hydrogens is 262 g/mol. The molecule has 1 heterocycles. The zero-order chi connectivity index (χ0) is 11.4. The minimum Gasteiger partial charge on any atom is -0.468 e. The Labute approximate surface area is 98.0 Å². The van der Waals surface area contributed by atoms with Gasteiger partial charge < -0.3 is 9.84 Å². The summed E-state index contributed by atoms with van der Waals surface area (Å²) in [5.74, 6) is -0.379. The second-order valence-corrected chi connectivity index (χ2v) is 4.79. The third kappa shape index (κ3) is 3.29. The van der Waals surface area contributed by atoms with Crippen molar-refractivity contribution in [3.63, 3.8) is 0 Å². The fraction of sp³-hybridized carbons (Fsp3) is 0.700. The predicted octanol–water partition coefficient (Wildman–Crippen LogP) is 0.893. The fourth-order valence-electron chi connectivity index (χ4n) is 1.87. The zero-order valence-electron chi connectivity index (χ0n) is 8.78. The third-order valence-corrected chi connectivity index (χ3v) is 2.77. The number of aliphatic hydroxyl groups excluding tert-OH is 1. The number of piperidine rings is 1. The van der Waals surface area contributed by atoms with Crippen molar-refractivity contribution in [3.8, 4) is 0 Å². The zero-order valence-corrected chi connectivity index (χ0v) is 10.4. The summed E-state index contributed by atoms with van der Waals surface area (Å²) in [7, 11) is 1.34. The SMILES string of the molecule is C=C(Br)CN1CCCC(O)C1C(=O)OC. The van der Waals surface area contributed by atoms with E-state index >= 15 is 0 Å². The molecule has 0 aromatic carbocycles. The van der Waals surface area contributed by atoms with Gasteiger partial charge in [0.05, 0.1) is 13.2 Å². The number of hydrogen-bond acceptors (Lipinski definition) is 4. The predicted molar refractivity (Wildman–Crippen MR) is 60.7 cm³/mol. The molecular formula is C10H16BrNO3. The van der Waals surface area contributed by atoms with Crippen molar-refractivity contribution in [1.82, 2.24) is 4.90 Å². The number of aliphatic hydroxyl groups is 1. The molecule has 0 bridgehead atoms. The number of esters is 1. The molecule has 1 fully saturated rings. The first kappa shape index (κ1) is 12.7. The van der Waals surface area contributed by atoms with Crippen LogP contribution in [0, 0.1) is 0 Å². The molecule has 0 saturated carbocycles. The first-order chi connectivity index (χ1) is 7.06. The summed E-state index contributed by atoms with van der Waals surface area (Å²) in [6.45, 7) is 5.07. The average Bonchev–Trinajstić information content (AvgIpc) is 2.16. The largest absolute Gasteiger partial charge is 0.468 e. The van der Waals surface area contributed by atoms with Crippen molar-refractivity contribution in [2.45, 2.75) is 25.0 Å². The van der Waals surface area contributed by atoms with Crippen molar-refractivity contribution in [2.75, 3.05) is 20.2 Å². The minimum atomic E-state index is -0.641. The van der Waals surface area contributed by atoms with Gasteiger partial charge in [0.1, 0.15) is 6.04 Å². The lowest BCUT2D eigenvalue weighted by atomic mass is 9.99. The minimum absolute atomic E-state index is 0.379. The van der Waals surface area contributed by atoms with Crippen LogP contribution in [-0.4, -0.2) is 48.3 Å². The average molecular weight is 278 g/mol. The lowest BCUT2D eigenvalue weighted by molar-refractivity contribution is -0.153. The van der Waals surface area contributed by atoms with Crippen LogP contribution in [0.2, 0.25) is 0 Å². The number of likely N-dealkylation sites (tertiary alicyclic amines) is 1. The third-order valence-electron chi connectivity index (χ3n) is 2.52. The number of carbonyl (C=O) groups excluding carboxylic acids is 1. The van der Waals surface area contributed by atoms with Crippen LogP contribution >= 0.6 is 15.9 Å². The number of nitrogens with zero attached hydrogens (tertiary/aromatic N) is 1. The maximum Gasteiger partial charge on any atom is 0.325 e. The van der Waals surface area contributed by atoms with E-state index < -0.39 is 12.1 Å². The molecule has 5 heteroatoms. The van der Waals surface area contributed by atoms with Crippen molar-refractivity contribution in [2.24, 2.45) is 0 Å². The van der Waals surface area contributed by atoms with E-state index in [0.717, 1.165) is 17.4 Å². The van der Waals surface area contributed by atoms with Crippen LogP contribution in [0.4, 0.5) is 0 Å². The molecule has 4 nitrogen and oxygen atoms in total. The quantitative estimate of drug-likeness (QED) is 0.779. The molecule has 15 heavy (non-hydrogen) atoms. The van der Waals surface area contributed by atoms with E-state index in [2.05, 4.69) is 27.2 Å². The second-order valence-electron chi connectivity index (χ2n) is 3.67. The van der Waals surface area contributed by atoms with Crippen LogP contribution in [0.25, 0.3) is 0 Å². The van der Waals surface area contributed by atoms with Gasteiger partial charge in [-0.2, -0.15) is 0 Å². The fourth-order valence-corrected chi connectivity index (χ4v) is 2.19. The maximum absolute atomic E-state index is 11.5. The highest BCUT2D eigenvalue weighted by atomic mass is 79.9. The van der Waals surface area contributed by atoms with Crippen LogP contribution in [0.1, 0.15) is 12.8 Å². The van der Waals surface area contributed by atoms with Gasteiger partial charge >= 0.3 is 5.97 Å². The van der Waals surface area contributed by atoms with Crippen LogP contribution in [0.15, 0.2) is 11.1 Å². The summed E-state index contributed by atoms with van der Waals surface area (Å²) in [6, 6.07) is -0.557. The van der Waals surface area contributed by atoms with Crippen molar-refractivity contribution < 1.29 is 14.6 Å². The normalized spacial score (nSPS) is 27.4. The Morgan fingerprint density at radius 2 is 2.40 bits per heavy atom. The highest BCUT2D eigenvalue weighted by molar-refractivity contribution is 9.11. The van der Waals surface area contributed by atoms with E-state index in [1.807, 2.05) is 4.90 Å². The van der Waals surface area contributed by atoms with Crippen LogP contribution in [0.3, 0.4) is 0 Å². The number of carbonyl (C=O) groups is 1. The smallest absolute Gasteiger partial charge is 0.325 e. The molecule has 0 spiro atoms. The molecule has 1 rings (SSSR count). The molecule has 0 aromatic rings. The van der Waals surface area contributed by atoms with Gasteiger partial charge in [-0.3, -0.25) is 9.69 Å². The van der Waals surface area contributed by atoms with Gasteiger partial charge in [-0.25, -0.2) is 0 Å². The molecule has 0 radical (unpaired) electrons. The number of methoxy groups -OCH3 is 1. The molecule has 1 N–H and O–H groups in total. The monoisotopic (exact) mass is 277 g/mol. The number of ether oxygens (including phenoxy) is 1. The molecule has 0 aliphatic carbocycles. The highest BCUT2D eigenvalue weighted by Gasteiger charge is 2.36.